The van der Waals surface area contributed by atoms with Gasteiger partial charge in [0, 0.05) is 12.1 Å². The summed E-state index contributed by atoms with van der Waals surface area (Å²) in [5.41, 5.74) is 1.94. The van der Waals surface area contributed by atoms with Gasteiger partial charge in [-0.15, -0.1) is 15.0 Å². The topological polar surface area (TPSA) is 55.6 Å². The fourth-order valence-electron chi connectivity index (χ4n) is 2.13. The summed E-state index contributed by atoms with van der Waals surface area (Å²) in [6.07, 6.45) is 0. The molecule has 1 aromatic heterocycles. The van der Waals surface area contributed by atoms with Gasteiger partial charge in [-0.25, -0.2) is 4.39 Å². The maximum Gasteiger partial charge on any atom is 0.205 e. The van der Waals surface area contributed by atoms with Crippen molar-refractivity contribution < 1.29 is 4.39 Å². The molecular formula is C15H14FN5. The second-order valence-corrected chi connectivity index (χ2v) is 4.55. The Morgan fingerprint density at radius 3 is 2.67 bits per heavy atom. The van der Waals surface area contributed by atoms with Gasteiger partial charge in [-0.05, 0) is 23.9 Å². The molecule has 0 atom stereocenters. The number of rotatable bonds is 4. The second kappa shape index (κ2) is 5.80. The molecule has 0 unspecified atom stereocenters. The van der Waals surface area contributed by atoms with E-state index in [0.29, 0.717) is 18.1 Å². The molecule has 0 fully saturated rings. The van der Waals surface area contributed by atoms with E-state index in [-0.39, 0.29) is 5.82 Å². The highest BCUT2D eigenvalue weighted by Gasteiger charge is 2.14. The molecular weight excluding hydrogens is 269 g/mol. The summed E-state index contributed by atoms with van der Waals surface area (Å²) < 4.78 is 14.1. The fraction of sp³-hybridized carbons (Fsp3) is 0.133. The molecule has 3 rings (SSSR count). The third-order valence-electron chi connectivity index (χ3n) is 3.08. The summed E-state index contributed by atoms with van der Waals surface area (Å²) in [4.78, 5) is 1.24. The van der Waals surface area contributed by atoms with Crippen LogP contribution in [-0.4, -0.2) is 27.3 Å². The number of benzene rings is 2. The molecule has 0 bridgehead atoms. The average molecular weight is 283 g/mol. The third-order valence-corrected chi connectivity index (χ3v) is 3.08. The SMILES string of the molecule is CNCc1cccc(F)c1-n1nnc(-c2ccccc2)n1. The minimum absolute atomic E-state index is 0.321. The summed E-state index contributed by atoms with van der Waals surface area (Å²) >= 11 is 0. The van der Waals surface area contributed by atoms with Crippen LogP contribution in [0.2, 0.25) is 0 Å². The molecule has 6 heteroatoms. The number of nitrogens with one attached hydrogen (secondary N) is 1. The van der Waals surface area contributed by atoms with Crippen LogP contribution in [0.25, 0.3) is 17.1 Å². The van der Waals surface area contributed by atoms with Crippen molar-refractivity contribution in [3.63, 3.8) is 0 Å². The number of tetrazole rings is 1. The first-order chi connectivity index (χ1) is 10.3. The minimum atomic E-state index is -0.375. The smallest absolute Gasteiger partial charge is 0.205 e. The van der Waals surface area contributed by atoms with E-state index in [1.165, 1.54) is 10.9 Å². The Morgan fingerprint density at radius 2 is 1.90 bits per heavy atom. The Morgan fingerprint density at radius 1 is 1.10 bits per heavy atom. The first-order valence-electron chi connectivity index (χ1n) is 6.57. The molecule has 5 nitrogen and oxygen atoms in total. The molecule has 2 aromatic carbocycles. The second-order valence-electron chi connectivity index (χ2n) is 4.55. The van der Waals surface area contributed by atoms with Crippen LogP contribution in [0.1, 0.15) is 5.56 Å². The zero-order valence-electron chi connectivity index (χ0n) is 11.5. The van der Waals surface area contributed by atoms with E-state index >= 15 is 0 Å². The molecule has 0 aliphatic rings. The van der Waals surface area contributed by atoms with Crippen LogP contribution in [0.4, 0.5) is 4.39 Å². The Balaban J connectivity index is 2.04. The third kappa shape index (κ3) is 2.66. The summed E-state index contributed by atoms with van der Waals surface area (Å²) in [5, 5.41) is 15.3. The lowest BCUT2D eigenvalue weighted by atomic mass is 10.1. The molecule has 0 saturated heterocycles. The molecule has 0 amide bonds. The largest absolute Gasteiger partial charge is 0.316 e. The van der Waals surface area contributed by atoms with Gasteiger partial charge in [0.05, 0.1) is 0 Å². The molecule has 0 saturated carbocycles. The lowest BCUT2D eigenvalue weighted by Crippen LogP contribution is -2.12. The molecule has 0 radical (unpaired) electrons. The zero-order chi connectivity index (χ0) is 14.7. The van der Waals surface area contributed by atoms with Gasteiger partial charge < -0.3 is 5.32 Å². The van der Waals surface area contributed by atoms with Crippen LogP contribution in [0, 0.1) is 5.82 Å². The summed E-state index contributed by atoms with van der Waals surface area (Å²) in [7, 11) is 1.80. The lowest BCUT2D eigenvalue weighted by molar-refractivity contribution is 0.584. The molecule has 0 spiro atoms. The number of halogens is 1. The van der Waals surface area contributed by atoms with E-state index in [2.05, 4.69) is 20.7 Å². The van der Waals surface area contributed by atoms with E-state index in [0.717, 1.165) is 11.1 Å². The molecule has 1 heterocycles. The van der Waals surface area contributed by atoms with Crippen molar-refractivity contribution in [2.24, 2.45) is 0 Å². The number of nitrogens with zero attached hydrogens (tertiary/aromatic N) is 4. The summed E-state index contributed by atoms with van der Waals surface area (Å²) in [6.45, 7) is 0.523. The maximum absolute atomic E-state index is 14.1. The summed E-state index contributed by atoms with van der Waals surface area (Å²) in [5.74, 6) is 0.0917. The highest BCUT2D eigenvalue weighted by molar-refractivity contribution is 5.53. The minimum Gasteiger partial charge on any atom is -0.316 e. The molecule has 106 valence electrons. The van der Waals surface area contributed by atoms with Gasteiger partial charge in [-0.2, -0.15) is 0 Å². The van der Waals surface area contributed by atoms with Crippen molar-refractivity contribution in [2.75, 3.05) is 7.05 Å². The van der Waals surface area contributed by atoms with E-state index in [4.69, 9.17) is 0 Å². The van der Waals surface area contributed by atoms with E-state index < -0.39 is 0 Å². The molecule has 0 aliphatic heterocycles. The molecule has 3 aromatic rings. The van der Waals surface area contributed by atoms with Crippen molar-refractivity contribution in [1.82, 2.24) is 25.5 Å². The van der Waals surface area contributed by atoms with E-state index in [1.807, 2.05) is 36.4 Å². The van der Waals surface area contributed by atoms with Gasteiger partial charge in [0.25, 0.3) is 0 Å². The van der Waals surface area contributed by atoms with Crippen molar-refractivity contribution in [3.8, 4) is 17.1 Å². The van der Waals surface area contributed by atoms with Gasteiger partial charge in [0.2, 0.25) is 5.82 Å². The van der Waals surface area contributed by atoms with Gasteiger partial charge >= 0.3 is 0 Å². The van der Waals surface area contributed by atoms with Crippen LogP contribution < -0.4 is 5.32 Å². The van der Waals surface area contributed by atoms with Crippen LogP contribution in [0.5, 0.6) is 0 Å². The van der Waals surface area contributed by atoms with Crippen LogP contribution in [0.15, 0.2) is 48.5 Å². The maximum atomic E-state index is 14.1. The highest BCUT2D eigenvalue weighted by Crippen LogP contribution is 2.19. The molecule has 1 N–H and O–H groups in total. The van der Waals surface area contributed by atoms with E-state index in [9.17, 15) is 4.39 Å². The van der Waals surface area contributed by atoms with Gasteiger partial charge in [0.1, 0.15) is 5.69 Å². The number of aromatic nitrogens is 4. The van der Waals surface area contributed by atoms with Gasteiger partial charge in [-0.3, -0.25) is 0 Å². The lowest BCUT2D eigenvalue weighted by Gasteiger charge is -2.08. The molecule has 21 heavy (non-hydrogen) atoms. The predicted molar refractivity (Wildman–Crippen MR) is 77.3 cm³/mol. The van der Waals surface area contributed by atoms with Crippen LogP contribution >= 0.6 is 0 Å². The first-order valence-corrected chi connectivity index (χ1v) is 6.57. The number of hydrogen-bond acceptors (Lipinski definition) is 4. The van der Waals surface area contributed by atoms with Gasteiger partial charge in [0.15, 0.2) is 5.82 Å². The zero-order valence-corrected chi connectivity index (χ0v) is 11.5. The number of hydrogen-bond donors (Lipinski definition) is 1. The predicted octanol–water partition coefficient (Wildman–Crippen LogP) is 2.19. The van der Waals surface area contributed by atoms with Crippen LogP contribution in [-0.2, 0) is 6.54 Å². The molecule has 0 aliphatic carbocycles. The van der Waals surface area contributed by atoms with Crippen molar-refractivity contribution in [3.05, 3.63) is 59.9 Å². The average Bonchev–Trinajstić information content (AvgIpc) is 2.98. The Labute approximate surface area is 121 Å². The Kier molecular flexibility index (Phi) is 3.70. The van der Waals surface area contributed by atoms with E-state index in [1.54, 1.807) is 13.1 Å². The standard InChI is InChI=1S/C15H14FN5/c1-17-10-12-8-5-9-13(16)14(12)21-19-15(18-20-21)11-6-3-2-4-7-11/h2-9,17H,10H2,1H3. The normalized spacial score (nSPS) is 10.8. The van der Waals surface area contributed by atoms with Gasteiger partial charge in [-0.1, -0.05) is 42.5 Å². The first kappa shape index (κ1) is 13.4. The van der Waals surface area contributed by atoms with Crippen molar-refractivity contribution >= 4 is 0 Å². The number of para-hydroxylation sites is 1. The van der Waals surface area contributed by atoms with Crippen molar-refractivity contribution in [2.45, 2.75) is 6.54 Å². The van der Waals surface area contributed by atoms with Crippen molar-refractivity contribution in [1.29, 1.82) is 0 Å². The fourth-order valence-corrected chi connectivity index (χ4v) is 2.13. The summed E-state index contributed by atoms with van der Waals surface area (Å²) in [6, 6.07) is 14.4. The Bertz CT molecular complexity index is 739. The Hall–Kier alpha value is -2.60. The highest BCUT2D eigenvalue weighted by atomic mass is 19.1. The quantitative estimate of drug-likeness (QED) is 0.797. The van der Waals surface area contributed by atoms with Crippen LogP contribution in [0.3, 0.4) is 0 Å². The monoisotopic (exact) mass is 283 g/mol.